The number of anilines is 2. The number of likely N-dealkylation sites (tertiary alicyclic amines) is 1. The summed E-state index contributed by atoms with van der Waals surface area (Å²) in [4.78, 5) is 24.9. The van der Waals surface area contributed by atoms with Gasteiger partial charge in [0.25, 0.3) is 0 Å². The molecule has 1 aromatic rings. The van der Waals surface area contributed by atoms with E-state index in [4.69, 9.17) is 22.1 Å². The number of rotatable bonds is 3. The van der Waals surface area contributed by atoms with Crippen LogP contribution in [0.25, 0.3) is 0 Å². The summed E-state index contributed by atoms with van der Waals surface area (Å²) in [6.45, 7) is 3.44. The first-order valence-corrected chi connectivity index (χ1v) is 6.81. The van der Waals surface area contributed by atoms with Crippen molar-refractivity contribution < 1.29 is 9.53 Å². The molecule has 1 fully saturated rings. The second-order valence-electron chi connectivity index (χ2n) is 4.39. The van der Waals surface area contributed by atoms with Crippen LogP contribution in [0.15, 0.2) is 0 Å². The van der Waals surface area contributed by atoms with Gasteiger partial charge in [0, 0.05) is 19.1 Å². The van der Waals surface area contributed by atoms with Crippen molar-refractivity contribution in [1.82, 2.24) is 19.9 Å². The Kier molecular flexibility index (Phi) is 4.78. The van der Waals surface area contributed by atoms with Crippen LogP contribution in [-0.4, -0.2) is 51.7 Å². The van der Waals surface area contributed by atoms with Gasteiger partial charge in [0.05, 0.1) is 6.61 Å². The van der Waals surface area contributed by atoms with E-state index < -0.39 is 0 Å². The van der Waals surface area contributed by atoms with Crippen LogP contribution in [0.4, 0.5) is 16.7 Å². The van der Waals surface area contributed by atoms with Gasteiger partial charge in [-0.2, -0.15) is 15.0 Å². The maximum atomic E-state index is 11.6. The molecule has 110 valence electrons. The van der Waals surface area contributed by atoms with E-state index in [1.165, 1.54) is 0 Å². The molecule has 1 aliphatic rings. The summed E-state index contributed by atoms with van der Waals surface area (Å²) in [7, 11) is 0. The zero-order valence-corrected chi connectivity index (χ0v) is 11.9. The van der Waals surface area contributed by atoms with E-state index in [0.717, 1.165) is 12.8 Å². The fraction of sp³-hybridized carbons (Fsp3) is 0.636. The van der Waals surface area contributed by atoms with Gasteiger partial charge in [-0.15, -0.1) is 0 Å². The molecule has 2 heterocycles. The Bertz CT molecular complexity index is 458. The van der Waals surface area contributed by atoms with Crippen LogP contribution >= 0.6 is 11.6 Å². The van der Waals surface area contributed by atoms with Gasteiger partial charge >= 0.3 is 6.09 Å². The summed E-state index contributed by atoms with van der Waals surface area (Å²) in [6.07, 6.45) is 1.29. The van der Waals surface area contributed by atoms with Gasteiger partial charge in [0.2, 0.25) is 17.2 Å². The number of halogens is 1. The molecule has 20 heavy (non-hydrogen) atoms. The van der Waals surface area contributed by atoms with Crippen LogP contribution in [0, 0.1) is 0 Å². The Morgan fingerprint density at radius 1 is 1.45 bits per heavy atom. The Morgan fingerprint density at radius 2 is 2.15 bits per heavy atom. The Balaban J connectivity index is 1.86. The van der Waals surface area contributed by atoms with Gasteiger partial charge in [0.15, 0.2) is 0 Å². The summed E-state index contributed by atoms with van der Waals surface area (Å²) in [5.41, 5.74) is 5.50. The molecule has 0 unspecified atom stereocenters. The lowest BCUT2D eigenvalue weighted by Crippen LogP contribution is -2.42. The molecule has 0 saturated carbocycles. The van der Waals surface area contributed by atoms with Gasteiger partial charge < -0.3 is 20.7 Å². The van der Waals surface area contributed by atoms with Crippen molar-refractivity contribution in [3.8, 4) is 0 Å². The topological polar surface area (TPSA) is 106 Å². The molecular weight excluding hydrogens is 284 g/mol. The number of hydrogen-bond donors (Lipinski definition) is 2. The third kappa shape index (κ3) is 3.83. The van der Waals surface area contributed by atoms with Crippen molar-refractivity contribution >= 4 is 29.6 Å². The number of nitrogens with zero attached hydrogens (tertiary/aromatic N) is 4. The molecule has 8 nitrogen and oxygen atoms in total. The smallest absolute Gasteiger partial charge is 0.409 e. The quantitative estimate of drug-likeness (QED) is 0.862. The van der Waals surface area contributed by atoms with Crippen LogP contribution in [0.2, 0.25) is 5.28 Å². The van der Waals surface area contributed by atoms with Crippen molar-refractivity contribution in [1.29, 1.82) is 0 Å². The summed E-state index contributed by atoms with van der Waals surface area (Å²) in [5, 5.41) is 3.21. The average molecular weight is 301 g/mol. The molecule has 1 saturated heterocycles. The largest absolute Gasteiger partial charge is 0.450 e. The molecule has 0 spiro atoms. The summed E-state index contributed by atoms with van der Waals surface area (Å²) >= 11 is 5.72. The fourth-order valence-electron chi connectivity index (χ4n) is 2.03. The summed E-state index contributed by atoms with van der Waals surface area (Å²) < 4.78 is 4.97. The Hall–Kier alpha value is -1.83. The standard InChI is InChI=1S/C11H17ClN6O2/c1-2-20-11(19)18-5-3-7(4-6-18)14-10-16-8(12)15-9(13)17-10/h7H,2-6H2,1H3,(H3,13,14,15,16,17). The molecule has 0 bridgehead atoms. The number of nitrogen functional groups attached to an aromatic ring is 1. The van der Waals surface area contributed by atoms with Crippen LogP contribution in [0.3, 0.4) is 0 Å². The first kappa shape index (κ1) is 14.6. The zero-order chi connectivity index (χ0) is 14.5. The SMILES string of the molecule is CCOC(=O)N1CCC(Nc2nc(N)nc(Cl)n2)CC1. The maximum Gasteiger partial charge on any atom is 0.409 e. The predicted octanol–water partition coefficient (Wildman–Crippen LogP) is 1.14. The van der Waals surface area contributed by atoms with Gasteiger partial charge in [0.1, 0.15) is 0 Å². The molecule has 1 aromatic heterocycles. The predicted molar refractivity (Wildman–Crippen MR) is 74.5 cm³/mol. The van der Waals surface area contributed by atoms with Gasteiger partial charge in [-0.05, 0) is 31.4 Å². The highest BCUT2D eigenvalue weighted by atomic mass is 35.5. The summed E-state index contributed by atoms with van der Waals surface area (Å²) in [5.74, 6) is 0.438. The Morgan fingerprint density at radius 3 is 2.75 bits per heavy atom. The molecule has 0 radical (unpaired) electrons. The molecule has 0 aliphatic carbocycles. The molecule has 0 aromatic carbocycles. The molecule has 9 heteroatoms. The van der Waals surface area contributed by atoms with E-state index in [1.807, 2.05) is 0 Å². The number of carbonyl (C=O) groups is 1. The Labute approximate surface area is 121 Å². The van der Waals surface area contributed by atoms with Crippen molar-refractivity contribution in [2.75, 3.05) is 30.7 Å². The molecule has 0 atom stereocenters. The number of ether oxygens (including phenoxy) is 1. The van der Waals surface area contributed by atoms with E-state index in [2.05, 4.69) is 20.3 Å². The molecule has 3 N–H and O–H groups in total. The normalized spacial score (nSPS) is 16.0. The highest BCUT2D eigenvalue weighted by Crippen LogP contribution is 2.16. The highest BCUT2D eigenvalue weighted by molar-refractivity contribution is 6.28. The summed E-state index contributed by atoms with van der Waals surface area (Å²) in [6, 6.07) is 0.165. The van der Waals surface area contributed by atoms with Gasteiger partial charge in [-0.1, -0.05) is 0 Å². The first-order chi connectivity index (χ1) is 9.58. The monoisotopic (exact) mass is 300 g/mol. The van der Waals surface area contributed by atoms with E-state index in [1.54, 1.807) is 11.8 Å². The second-order valence-corrected chi connectivity index (χ2v) is 4.73. The lowest BCUT2D eigenvalue weighted by atomic mass is 10.1. The van der Waals surface area contributed by atoms with Crippen LogP contribution < -0.4 is 11.1 Å². The fourth-order valence-corrected chi connectivity index (χ4v) is 2.20. The number of piperidine rings is 1. The van der Waals surface area contributed by atoms with E-state index in [-0.39, 0.29) is 23.4 Å². The third-order valence-electron chi connectivity index (χ3n) is 2.98. The van der Waals surface area contributed by atoms with E-state index >= 15 is 0 Å². The van der Waals surface area contributed by atoms with Crippen LogP contribution in [0.1, 0.15) is 19.8 Å². The molecule has 2 rings (SSSR count). The van der Waals surface area contributed by atoms with E-state index in [9.17, 15) is 4.79 Å². The number of carbonyl (C=O) groups excluding carboxylic acids is 1. The van der Waals surface area contributed by atoms with Gasteiger partial charge in [-0.25, -0.2) is 4.79 Å². The van der Waals surface area contributed by atoms with Gasteiger partial charge in [-0.3, -0.25) is 0 Å². The lowest BCUT2D eigenvalue weighted by Gasteiger charge is -2.31. The van der Waals surface area contributed by atoms with E-state index in [0.29, 0.717) is 25.6 Å². The van der Waals surface area contributed by atoms with Crippen molar-refractivity contribution in [3.63, 3.8) is 0 Å². The van der Waals surface area contributed by atoms with Crippen LogP contribution in [-0.2, 0) is 4.74 Å². The number of nitrogens with one attached hydrogen (secondary N) is 1. The number of nitrogens with two attached hydrogens (primary N) is 1. The highest BCUT2D eigenvalue weighted by Gasteiger charge is 2.24. The minimum atomic E-state index is -0.265. The zero-order valence-electron chi connectivity index (χ0n) is 11.2. The lowest BCUT2D eigenvalue weighted by molar-refractivity contribution is 0.0983. The minimum absolute atomic E-state index is 0.0592. The molecule has 1 aliphatic heterocycles. The second kappa shape index (κ2) is 6.56. The maximum absolute atomic E-state index is 11.6. The van der Waals surface area contributed by atoms with Crippen molar-refractivity contribution in [3.05, 3.63) is 5.28 Å². The van der Waals surface area contributed by atoms with Crippen LogP contribution in [0.5, 0.6) is 0 Å². The molecule has 1 amide bonds. The third-order valence-corrected chi connectivity index (χ3v) is 3.15. The number of aromatic nitrogens is 3. The number of amides is 1. The minimum Gasteiger partial charge on any atom is -0.450 e. The average Bonchev–Trinajstić information content (AvgIpc) is 2.38. The molecular formula is C11H17ClN6O2. The van der Waals surface area contributed by atoms with Crippen molar-refractivity contribution in [2.45, 2.75) is 25.8 Å². The number of hydrogen-bond acceptors (Lipinski definition) is 7. The first-order valence-electron chi connectivity index (χ1n) is 6.43. The van der Waals surface area contributed by atoms with Crippen molar-refractivity contribution in [2.24, 2.45) is 0 Å².